The van der Waals surface area contributed by atoms with Crippen molar-refractivity contribution in [2.45, 2.75) is 58.3 Å². The Bertz CT molecular complexity index is 246. The third kappa shape index (κ3) is 4.26. The second-order valence-electron chi connectivity index (χ2n) is 4.92. The fourth-order valence-electron chi connectivity index (χ4n) is 2.23. The SMILES string of the molecule is CCCN(CC1CCC(C(=O)NN)O1)C(C)C. The standard InChI is InChI=1S/C12H25N3O2/c1-4-7-15(9(2)3)8-10-5-6-11(17-10)12(16)14-13/h9-11H,4-8,13H2,1-3H3,(H,14,16). The number of nitrogens with two attached hydrogens (primary N) is 1. The summed E-state index contributed by atoms with van der Waals surface area (Å²) in [5, 5.41) is 0. The molecule has 1 saturated heterocycles. The van der Waals surface area contributed by atoms with E-state index in [1.54, 1.807) is 0 Å². The maximum Gasteiger partial charge on any atom is 0.263 e. The van der Waals surface area contributed by atoms with Gasteiger partial charge in [-0.1, -0.05) is 6.92 Å². The largest absolute Gasteiger partial charge is 0.364 e. The van der Waals surface area contributed by atoms with Crippen molar-refractivity contribution in [1.82, 2.24) is 10.3 Å². The summed E-state index contributed by atoms with van der Waals surface area (Å²) < 4.78 is 5.71. The molecule has 17 heavy (non-hydrogen) atoms. The predicted octanol–water partition coefficient (Wildman–Crippen LogP) is 0.644. The molecule has 5 nitrogen and oxygen atoms in total. The molecule has 3 N–H and O–H groups in total. The molecule has 1 amide bonds. The number of hydrogen-bond donors (Lipinski definition) is 2. The zero-order chi connectivity index (χ0) is 12.8. The fourth-order valence-corrected chi connectivity index (χ4v) is 2.23. The number of hydrogen-bond acceptors (Lipinski definition) is 4. The summed E-state index contributed by atoms with van der Waals surface area (Å²) in [7, 11) is 0. The lowest BCUT2D eigenvalue weighted by molar-refractivity contribution is -0.132. The molecule has 1 heterocycles. The van der Waals surface area contributed by atoms with Crippen LogP contribution in [0.1, 0.15) is 40.0 Å². The fraction of sp³-hybridized carbons (Fsp3) is 0.917. The molecule has 2 atom stereocenters. The summed E-state index contributed by atoms with van der Waals surface area (Å²) >= 11 is 0. The van der Waals surface area contributed by atoms with Crippen molar-refractivity contribution in [3.63, 3.8) is 0 Å². The highest BCUT2D eigenvalue weighted by Gasteiger charge is 2.31. The summed E-state index contributed by atoms with van der Waals surface area (Å²) in [6.07, 6.45) is 2.64. The number of nitrogens with zero attached hydrogens (tertiary/aromatic N) is 1. The van der Waals surface area contributed by atoms with Crippen molar-refractivity contribution in [1.29, 1.82) is 0 Å². The first-order chi connectivity index (χ1) is 8.08. The first-order valence-corrected chi connectivity index (χ1v) is 6.48. The Hall–Kier alpha value is -0.650. The van der Waals surface area contributed by atoms with Gasteiger partial charge in [-0.2, -0.15) is 0 Å². The van der Waals surface area contributed by atoms with Crippen LogP contribution in [0.4, 0.5) is 0 Å². The monoisotopic (exact) mass is 243 g/mol. The van der Waals surface area contributed by atoms with Gasteiger partial charge >= 0.3 is 0 Å². The van der Waals surface area contributed by atoms with Crippen LogP contribution in [0.25, 0.3) is 0 Å². The highest BCUT2D eigenvalue weighted by Crippen LogP contribution is 2.21. The van der Waals surface area contributed by atoms with Crippen molar-refractivity contribution in [3.05, 3.63) is 0 Å². The smallest absolute Gasteiger partial charge is 0.263 e. The molecule has 0 aromatic heterocycles. The van der Waals surface area contributed by atoms with Crippen LogP contribution in [-0.4, -0.2) is 42.1 Å². The first kappa shape index (κ1) is 14.4. The third-order valence-corrected chi connectivity index (χ3v) is 3.22. The quantitative estimate of drug-likeness (QED) is 0.408. The number of ether oxygens (including phenoxy) is 1. The first-order valence-electron chi connectivity index (χ1n) is 6.48. The number of carbonyl (C=O) groups excluding carboxylic acids is 1. The third-order valence-electron chi connectivity index (χ3n) is 3.22. The van der Waals surface area contributed by atoms with Gasteiger partial charge < -0.3 is 4.74 Å². The molecule has 100 valence electrons. The normalized spacial score (nSPS) is 24.6. The molecule has 0 bridgehead atoms. The number of amides is 1. The topological polar surface area (TPSA) is 67.6 Å². The maximum atomic E-state index is 11.3. The Labute approximate surface area is 104 Å². The van der Waals surface area contributed by atoms with Crippen molar-refractivity contribution in [2.75, 3.05) is 13.1 Å². The van der Waals surface area contributed by atoms with Crippen LogP contribution < -0.4 is 11.3 Å². The van der Waals surface area contributed by atoms with Gasteiger partial charge in [0.15, 0.2) is 0 Å². The van der Waals surface area contributed by atoms with Crippen LogP contribution in [0.3, 0.4) is 0 Å². The minimum absolute atomic E-state index is 0.159. The lowest BCUT2D eigenvalue weighted by atomic mass is 10.1. The second kappa shape index (κ2) is 6.93. The van der Waals surface area contributed by atoms with Gasteiger partial charge in [-0.05, 0) is 39.7 Å². The molecule has 2 unspecified atom stereocenters. The van der Waals surface area contributed by atoms with E-state index in [0.29, 0.717) is 6.04 Å². The average Bonchev–Trinajstić information content (AvgIpc) is 2.76. The molecule has 0 aromatic rings. The Balaban J connectivity index is 2.40. The Kier molecular flexibility index (Phi) is 5.88. The van der Waals surface area contributed by atoms with Gasteiger partial charge in [-0.25, -0.2) is 5.84 Å². The summed E-state index contributed by atoms with van der Waals surface area (Å²) in [6.45, 7) is 8.53. The van der Waals surface area contributed by atoms with E-state index in [0.717, 1.165) is 32.4 Å². The van der Waals surface area contributed by atoms with Crippen LogP contribution >= 0.6 is 0 Å². The Morgan fingerprint density at radius 2 is 2.24 bits per heavy atom. The van der Waals surface area contributed by atoms with Gasteiger partial charge in [0.05, 0.1) is 6.10 Å². The summed E-state index contributed by atoms with van der Waals surface area (Å²) in [6, 6.07) is 0.515. The second-order valence-corrected chi connectivity index (χ2v) is 4.92. The molecule has 0 saturated carbocycles. The number of rotatable bonds is 6. The summed E-state index contributed by atoms with van der Waals surface area (Å²) in [5.74, 6) is 4.90. The van der Waals surface area contributed by atoms with Gasteiger partial charge in [-0.15, -0.1) is 0 Å². The van der Waals surface area contributed by atoms with Gasteiger partial charge in [0, 0.05) is 12.6 Å². The molecule has 5 heteroatoms. The molecular formula is C12H25N3O2. The minimum Gasteiger partial charge on any atom is -0.364 e. The lowest BCUT2D eigenvalue weighted by Gasteiger charge is -2.28. The Morgan fingerprint density at radius 1 is 1.53 bits per heavy atom. The zero-order valence-corrected chi connectivity index (χ0v) is 11.1. The molecule has 1 aliphatic heterocycles. The number of nitrogens with one attached hydrogen (secondary N) is 1. The molecule has 0 radical (unpaired) electrons. The molecule has 0 aromatic carbocycles. The average molecular weight is 243 g/mol. The van der Waals surface area contributed by atoms with Gasteiger partial charge in [0.1, 0.15) is 6.10 Å². The maximum absolute atomic E-state index is 11.3. The molecule has 0 spiro atoms. The number of hydrazine groups is 1. The molecule has 1 aliphatic rings. The highest BCUT2D eigenvalue weighted by atomic mass is 16.5. The summed E-state index contributed by atoms with van der Waals surface area (Å²) in [4.78, 5) is 13.7. The van der Waals surface area contributed by atoms with Gasteiger partial charge in [0.25, 0.3) is 5.91 Å². The van der Waals surface area contributed by atoms with Crippen molar-refractivity contribution in [3.8, 4) is 0 Å². The van der Waals surface area contributed by atoms with Crippen molar-refractivity contribution < 1.29 is 9.53 Å². The van der Waals surface area contributed by atoms with E-state index in [4.69, 9.17) is 10.6 Å². The highest BCUT2D eigenvalue weighted by molar-refractivity contribution is 5.80. The zero-order valence-electron chi connectivity index (χ0n) is 11.1. The molecule has 0 aliphatic carbocycles. The van der Waals surface area contributed by atoms with Crippen molar-refractivity contribution in [2.24, 2.45) is 5.84 Å². The molecular weight excluding hydrogens is 218 g/mol. The predicted molar refractivity (Wildman–Crippen MR) is 67.2 cm³/mol. The number of carbonyl (C=O) groups is 1. The van der Waals surface area contributed by atoms with Crippen LogP contribution in [0, 0.1) is 0 Å². The lowest BCUT2D eigenvalue weighted by Crippen LogP contribution is -2.41. The van der Waals surface area contributed by atoms with Crippen LogP contribution in [0.2, 0.25) is 0 Å². The molecule has 1 fully saturated rings. The van der Waals surface area contributed by atoms with E-state index in [1.165, 1.54) is 0 Å². The van der Waals surface area contributed by atoms with E-state index in [9.17, 15) is 4.79 Å². The van der Waals surface area contributed by atoms with E-state index in [2.05, 4.69) is 31.1 Å². The Morgan fingerprint density at radius 3 is 2.76 bits per heavy atom. The summed E-state index contributed by atoms with van der Waals surface area (Å²) in [5.41, 5.74) is 2.15. The van der Waals surface area contributed by atoms with Gasteiger partial charge in [-0.3, -0.25) is 15.1 Å². The van der Waals surface area contributed by atoms with Crippen LogP contribution in [0.15, 0.2) is 0 Å². The van der Waals surface area contributed by atoms with Gasteiger partial charge in [0.2, 0.25) is 0 Å². The van der Waals surface area contributed by atoms with E-state index in [1.807, 2.05) is 0 Å². The van der Waals surface area contributed by atoms with Crippen LogP contribution in [0.5, 0.6) is 0 Å². The van der Waals surface area contributed by atoms with E-state index >= 15 is 0 Å². The van der Waals surface area contributed by atoms with E-state index in [-0.39, 0.29) is 18.1 Å². The molecule has 1 rings (SSSR count). The minimum atomic E-state index is -0.361. The van der Waals surface area contributed by atoms with Crippen molar-refractivity contribution >= 4 is 5.91 Å². The van der Waals surface area contributed by atoms with E-state index < -0.39 is 0 Å². The van der Waals surface area contributed by atoms with Crippen LogP contribution in [-0.2, 0) is 9.53 Å².